The third-order valence-electron chi connectivity index (χ3n) is 7.81. The Hall–Kier alpha value is 4.21. The summed E-state index contributed by atoms with van der Waals surface area (Å²) in [5, 5.41) is 15.4. The maximum absolute atomic E-state index is 9.57. The van der Waals surface area contributed by atoms with Gasteiger partial charge in [-0.25, -0.2) is 0 Å². The molecule has 0 atom stereocenters. The first-order chi connectivity index (χ1) is 22.6. The van der Waals surface area contributed by atoms with Gasteiger partial charge in [0, 0.05) is 0 Å². The Kier molecular flexibility index (Phi) is 68.9. The van der Waals surface area contributed by atoms with Gasteiger partial charge in [-0.3, -0.25) is 0 Å². The molecule has 1 nitrogen and oxygen atoms in total. The second-order valence-corrected chi connectivity index (χ2v) is 37.6. The predicted molar refractivity (Wildman–Crippen MR) is 258 cm³/mol. The first kappa shape index (κ1) is 69.8. The van der Waals surface area contributed by atoms with Crippen molar-refractivity contribution in [1.29, 1.82) is 0 Å². The molecule has 0 unspecified atom stereocenters. The van der Waals surface area contributed by atoms with Crippen molar-refractivity contribution in [2.45, 2.75) is 191 Å². The van der Waals surface area contributed by atoms with Crippen LogP contribution in [-0.2, 0) is 14.8 Å². The van der Waals surface area contributed by atoms with Crippen molar-refractivity contribution in [3.05, 3.63) is 0 Å². The Balaban J connectivity index is -0.0000000915. The summed E-state index contributed by atoms with van der Waals surface area (Å²) in [5.41, 5.74) is 0. The van der Waals surface area contributed by atoms with Crippen LogP contribution >= 0.6 is 42.0 Å². The molecule has 0 heterocycles. The molecule has 0 aliphatic rings. The monoisotopic (exact) mass is 918 g/mol. The number of rotatable bonds is 20. The molecule has 0 aliphatic carbocycles. The molecule has 310 valence electrons. The van der Waals surface area contributed by atoms with Crippen molar-refractivity contribution in [3.8, 4) is 0 Å². The van der Waals surface area contributed by atoms with Gasteiger partial charge in [0.25, 0.3) is 0 Å². The van der Waals surface area contributed by atoms with Crippen molar-refractivity contribution < 1.29 is 14.8 Å². The topological polar surface area (TPSA) is 17.1 Å². The van der Waals surface area contributed by atoms with Gasteiger partial charge in [-0.05, 0) is 0 Å². The Morgan fingerprint density at radius 1 is 0.294 bits per heavy atom. The number of hydrogen-bond acceptors (Lipinski definition) is 1. The van der Waals surface area contributed by atoms with Crippen LogP contribution in [0.4, 0.5) is 0 Å². The SMILES string of the molecule is CC(C)[CH2][AlH][CH2]C(C)C.CC(C)[CH2][AlH][CH2]C(C)C.CC(C)[CH2][AlH][CH2]C(C)C.CC(C)[CH2][AlH][CH2]C(C)C.CC(C)[CH2][AlH][CH2]C(C)C.Cl.[O]=[V]([Cl])([Cl])[Cl]. The van der Waals surface area contributed by atoms with E-state index >= 15 is 0 Å². The predicted octanol–water partition coefficient (Wildman–Crippen LogP) is 15.2. The molecular weight excluding hydrogens is 824 g/mol. The van der Waals surface area contributed by atoms with E-state index in [1.54, 1.807) is 0 Å². The van der Waals surface area contributed by atoms with Crippen molar-refractivity contribution in [1.82, 2.24) is 0 Å². The molecule has 0 amide bonds. The van der Waals surface area contributed by atoms with E-state index in [-0.39, 0.29) is 12.4 Å². The third kappa shape index (κ3) is 126. The minimum absolute atomic E-state index is 0. The Labute approximate surface area is 378 Å². The summed E-state index contributed by atoms with van der Waals surface area (Å²) in [6, 6.07) is 0. The van der Waals surface area contributed by atoms with Crippen molar-refractivity contribution in [2.75, 3.05) is 0 Å². The van der Waals surface area contributed by atoms with Crippen molar-refractivity contribution in [2.24, 2.45) is 59.2 Å². The molecule has 0 N–H and O–H groups in total. The fourth-order valence-electron chi connectivity index (χ4n) is 4.67. The molecule has 0 rings (SSSR count). The zero-order chi connectivity index (χ0) is 40.9. The average molecular weight is 921 g/mol. The van der Waals surface area contributed by atoms with Gasteiger partial charge in [0.2, 0.25) is 76.1 Å². The Morgan fingerprint density at radius 3 is 0.392 bits per heavy atom. The molecule has 11 heteroatoms. The molecule has 0 aromatic rings. The normalized spacial score (nSPS) is 10.8. The van der Waals surface area contributed by atoms with E-state index in [0.29, 0.717) is 76.1 Å². The Bertz CT molecular complexity index is 508. The summed E-state index contributed by atoms with van der Waals surface area (Å²) in [6.07, 6.45) is 0. The summed E-state index contributed by atoms with van der Waals surface area (Å²) in [6.45, 7) is 46.5. The zero-order valence-corrected chi connectivity index (χ0v) is 50.3. The van der Waals surface area contributed by atoms with Crippen LogP contribution in [0.5, 0.6) is 0 Å². The van der Waals surface area contributed by atoms with E-state index in [1.165, 1.54) is 52.8 Å². The van der Waals surface area contributed by atoms with Crippen LogP contribution in [0.1, 0.15) is 138 Å². The summed E-state index contributed by atoms with van der Waals surface area (Å²) < 4.78 is 9.57. The summed E-state index contributed by atoms with van der Waals surface area (Å²) in [4.78, 5) is 0. The third-order valence-corrected chi connectivity index (χ3v) is 23.4. The molecule has 0 saturated carbocycles. The van der Waals surface area contributed by atoms with Crippen LogP contribution in [0, 0.1) is 59.2 Å². The molecule has 0 spiro atoms. The molecule has 0 aromatic carbocycles. The van der Waals surface area contributed by atoms with Crippen LogP contribution in [0.15, 0.2) is 0 Å². The van der Waals surface area contributed by atoms with Crippen LogP contribution in [0.25, 0.3) is 0 Å². The van der Waals surface area contributed by atoms with Gasteiger partial charge >= 0.3 is 44.3 Å². The van der Waals surface area contributed by atoms with E-state index in [0.717, 1.165) is 59.2 Å². The van der Waals surface area contributed by atoms with E-state index < -0.39 is 11.1 Å². The fourth-order valence-corrected chi connectivity index (χ4v) is 14.0. The van der Waals surface area contributed by atoms with E-state index in [9.17, 15) is 3.67 Å². The van der Waals surface area contributed by atoms with E-state index in [1.807, 2.05) is 0 Å². The molecule has 0 radical (unpaired) electrons. The van der Waals surface area contributed by atoms with Crippen LogP contribution in [0.2, 0.25) is 52.8 Å². The fraction of sp³-hybridized carbons (Fsp3) is 1.00. The van der Waals surface area contributed by atoms with Crippen molar-refractivity contribution >= 4 is 118 Å². The average Bonchev–Trinajstić information content (AvgIpc) is 2.87. The molecule has 0 fully saturated rings. The Morgan fingerprint density at radius 2 is 0.353 bits per heavy atom. The molecule has 0 saturated heterocycles. The first-order valence-electron chi connectivity index (χ1n) is 21.3. The molecule has 0 aliphatic heterocycles. The molecule has 51 heavy (non-hydrogen) atoms. The zero-order valence-electron chi connectivity index (χ0n) is 38.8. The summed E-state index contributed by atoms with van der Waals surface area (Å²) in [7, 11) is 14.0. The van der Waals surface area contributed by atoms with E-state index in [2.05, 4.69) is 168 Å². The van der Waals surface area contributed by atoms with Crippen molar-refractivity contribution in [3.63, 3.8) is 0 Å². The second kappa shape index (κ2) is 50.4. The van der Waals surface area contributed by atoms with Gasteiger partial charge < -0.3 is 0 Å². The summed E-state index contributed by atoms with van der Waals surface area (Å²) >= 11 is -2.13. The van der Waals surface area contributed by atoms with Crippen LogP contribution < -0.4 is 0 Å². The van der Waals surface area contributed by atoms with E-state index in [4.69, 9.17) is 0 Å². The van der Waals surface area contributed by atoms with Crippen LogP contribution in [0.3, 0.4) is 0 Å². The van der Waals surface area contributed by atoms with Gasteiger partial charge in [-0.15, -0.1) is 12.4 Å². The van der Waals surface area contributed by atoms with Crippen LogP contribution in [-0.4, -0.2) is 76.1 Å². The van der Waals surface area contributed by atoms with Gasteiger partial charge in [-0.2, -0.15) is 0 Å². The molecule has 0 bridgehead atoms. The standard InChI is InChI=1S/10C4H9.5Al.4ClH.O.V.5H/c10*1-4(2)3;;;;;;;;;;;;;;;;/h10*4H,1H2,2-3H3;;;;;;4*1H;;;;;;;/q;;;;;;;;;;;;;;;;;;;;+3;;;;;/p-3. The quantitative estimate of drug-likeness (QED) is 0.111. The number of halogens is 4. The first-order valence-corrected chi connectivity index (χ1v) is 37.7. The molecular formula is C40H96Al5Cl4OV. The second-order valence-electron chi connectivity index (χ2n) is 19.0. The molecule has 0 aromatic heterocycles. The minimum atomic E-state index is -3.71. The van der Waals surface area contributed by atoms with Gasteiger partial charge in [-0.1, -0.05) is 250 Å². The van der Waals surface area contributed by atoms with Gasteiger partial charge in [0.05, 0.1) is 0 Å². The van der Waals surface area contributed by atoms with Gasteiger partial charge in [0.1, 0.15) is 0 Å². The van der Waals surface area contributed by atoms with Gasteiger partial charge in [0.15, 0.2) is 0 Å². The summed E-state index contributed by atoms with van der Waals surface area (Å²) in [5.74, 6) is 9.54. The number of hydrogen-bond donors (Lipinski definition) is 0. The maximum atomic E-state index is 9.57.